The number of anilines is 3. The minimum atomic E-state index is -0.459. The average Bonchev–Trinajstić information content (AvgIpc) is 3.02. The summed E-state index contributed by atoms with van der Waals surface area (Å²) < 4.78 is 0. The Morgan fingerprint density at radius 3 is 2.32 bits per heavy atom. The van der Waals surface area contributed by atoms with E-state index in [-0.39, 0.29) is 17.9 Å². The van der Waals surface area contributed by atoms with E-state index in [1.807, 2.05) is 72.5 Å². The Morgan fingerprint density at radius 2 is 1.61 bits per heavy atom. The van der Waals surface area contributed by atoms with Crippen molar-refractivity contribution in [2.45, 2.75) is 38.8 Å². The zero-order chi connectivity index (χ0) is 28.9. The zero-order valence-corrected chi connectivity index (χ0v) is 24.1. The molecule has 2 aliphatic rings. The summed E-state index contributed by atoms with van der Waals surface area (Å²) in [5.41, 5.74) is 6.36. The molecule has 2 heterocycles. The Morgan fingerprint density at radius 1 is 0.902 bits per heavy atom. The molecule has 0 saturated carbocycles. The molecule has 1 atom stereocenters. The van der Waals surface area contributed by atoms with Crippen molar-refractivity contribution in [2.24, 2.45) is 0 Å². The van der Waals surface area contributed by atoms with Gasteiger partial charge in [-0.3, -0.25) is 9.59 Å². The van der Waals surface area contributed by atoms with Crippen molar-refractivity contribution in [3.8, 4) is 6.07 Å². The van der Waals surface area contributed by atoms with E-state index in [9.17, 15) is 14.9 Å². The molecule has 2 aliphatic heterocycles. The van der Waals surface area contributed by atoms with Gasteiger partial charge in [0.05, 0.1) is 17.8 Å². The lowest BCUT2D eigenvalue weighted by atomic mass is 9.99. The van der Waals surface area contributed by atoms with Gasteiger partial charge < -0.3 is 25.3 Å². The second kappa shape index (κ2) is 12.3. The van der Waals surface area contributed by atoms with Crippen LogP contribution in [0.15, 0.2) is 66.7 Å². The topological polar surface area (TPSA) is 91.7 Å². The van der Waals surface area contributed by atoms with Crippen LogP contribution in [0.5, 0.6) is 0 Å². The first-order valence-corrected chi connectivity index (χ1v) is 14.3. The van der Waals surface area contributed by atoms with E-state index in [0.29, 0.717) is 30.8 Å². The number of piperidine rings is 1. The lowest BCUT2D eigenvalue weighted by Gasteiger charge is -2.42. The second-order valence-corrected chi connectivity index (χ2v) is 10.9. The van der Waals surface area contributed by atoms with Crippen LogP contribution in [-0.2, 0) is 4.79 Å². The highest BCUT2D eigenvalue weighted by Crippen LogP contribution is 2.29. The lowest BCUT2D eigenvalue weighted by Crippen LogP contribution is -2.60. The first kappa shape index (κ1) is 28.0. The summed E-state index contributed by atoms with van der Waals surface area (Å²) in [7, 11) is 1.64. The SMILES string of the molecule is CNC(=O)[C@@H]1CN(C(=O)c2cc(NC3CCN(c4ccccc4C#N)CC3)c(C)cc2C)CCN1c1ccccc1. The van der Waals surface area contributed by atoms with Crippen LogP contribution in [0, 0.1) is 25.2 Å². The Bertz CT molecular complexity index is 1440. The fraction of sp³-hybridized carbons (Fsp3) is 0.364. The molecule has 0 spiro atoms. The standard InChI is InChI=1S/C33H38N6O2/c1-23-19-24(2)29(36-26-13-15-37(16-14-26)30-12-8-7-9-25(30)21-34)20-28(23)33(41)38-17-18-39(27-10-5-4-6-11-27)31(22-38)32(40)35-3/h4-12,19-20,26,31,36H,13-18,22H2,1-3H3,(H,35,40)/t31-/m0/s1. The van der Waals surface area contributed by atoms with Gasteiger partial charge in [-0.1, -0.05) is 36.4 Å². The molecule has 0 unspecified atom stereocenters. The van der Waals surface area contributed by atoms with Gasteiger partial charge in [0.25, 0.3) is 5.91 Å². The molecule has 41 heavy (non-hydrogen) atoms. The van der Waals surface area contributed by atoms with Gasteiger partial charge in [0.15, 0.2) is 0 Å². The third-order valence-electron chi connectivity index (χ3n) is 8.33. The first-order valence-electron chi connectivity index (χ1n) is 14.3. The molecule has 3 aromatic carbocycles. The van der Waals surface area contributed by atoms with E-state index >= 15 is 0 Å². The Balaban J connectivity index is 1.28. The smallest absolute Gasteiger partial charge is 0.254 e. The summed E-state index contributed by atoms with van der Waals surface area (Å²) in [4.78, 5) is 32.9. The molecule has 8 nitrogen and oxygen atoms in total. The van der Waals surface area contributed by atoms with Gasteiger partial charge in [0.1, 0.15) is 12.1 Å². The van der Waals surface area contributed by atoms with Crippen LogP contribution in [0.25, 0.3) is 0 Å². The number of para-hydroxylation sites is 2. The Labute approximate surface area is 242 Å². The predicted molar refractivity (Wildman–Crippen MR) is 163 cm³/mol. The molecular formula is C33H38N6O2. The third-order valence-corrected chi connectivity index (χ3v) is 8.33. The van der Waals surface area contributed by atoms with Crippen molar-refractivity contribution in [2.75, 3.05) is 54.9 Å². The van der Waals surface area contributed by atoms with Crippen LogP contribution in [-0.4, -0.2) is 68.6 Å². The summed E-state index contributed by atoms with van der Waals surface area (Å²) in [6, 6.07) is 23.8. The van der Waals surface area contributed by atoms with E-state index in [2.05, 4.69) is 39.5 Å². The van der Waals surface area contributed by atoms with Crippen molar-refractivity contribution >= 4 is 28.9 Å². The maximum atomic E-state index is 13.9. The summed E-state index contributed by atoms with van der Waals surface area (Å²) in [5, 5.41) is 16.0. The third kappa shape index (κ3) is 5.99. The number of carbonyl (C=O) groups excluding carboxylic acids is 2. The average molecular weight is 551 g/mol. The molecule has 0 bridgehead atoms. The number of piperazine rings is 1. The number of benzene rings is 3. The van der Waals surface area contributed by atoms with E-state index in [4.69, 9.17) is 0 Å². The van der Waals surface area contributed by atoms with E-state index < -0.39 is 6.04 Å². The van der Waals surface area contributed by atoms with E-state index in [1.54, 1.807) is 7.05 Å². The summed E-state index contributed by atoms with van der Waals surface area (Å²) in [5.74, 6) is -0.145. The van der Waals surface area contributed by atoms with Gasteiger partial charge in [0.2, 0.25) is 5.91 Å². The van der Waals surface area contributed by atoms with Crippen LogP contribution < -0.4 is 20.4 Å². The van der Waals surface area contributed by atoms with Gasteiger partial charge in [0, 0.05) is 56.2 Å². The van der Waals surface area contributed by atoms with Gasteiger partial charge in [-0.05, 0) is 68.1 Å². The number of nitriles is 1. The number of likely N-dealkylation sites (N-methyl/N-ethyl adjacent to an activating group) is 1. The molecule has 2 N–H and O–H groups in total. The molecule has 212 valence electrons. The molecule has 0 aromatic heterocycles. The van der Waals surface area contributed by atoms with Crippen LogP contribution in [0.1, 0.15) is 39.9 Å². The molecular weight excluding hydrogens is 512 g/mol. The van der Waals surface area contributed by atoms with Crippen molar-refractivity contribution in [3.63, 3.8) is 0 Å². The molecule has 8 heteroatoms. The number of hydrogen-bond donors (Lipinski definition) is 2. The quantitative estimate of drug-likeness (QED) is 0.475. The van der Waals surface area contributed by atoms with Gasteiger partial charge >= 0.3 is 0 Å². The van der Waals surface area contributed by atoms with Crippen LogP contribution in [0.2, 0.25) is 0 Å². The Hall–Kier alpha value is -4.51. The molecule has 3 aromatic rings. The second-order valence-electron chi connectivity index (χ2n) is 10.9. The summed E-state index contributed by atoms with van der Waals surface area (Å²) in [6.45, 7) is 7.22. The van der Waals surface area contributed by atoms with Crippen LogP contribution in [0.4, 0.5) is 17.1 Å². The number of carbonyl (C=O) groups is 2. The number of aryl methyl sites for hydroxylation is 2. The highest BCUT2D eigenvalue weighted by Gasteiger charge is 2.35. The van der Waals surface area contributed by atoms with Gasteiger partial charge in [-0.15, -0.1) is 0 Å². The van der Waals surface area contributed by atoms with Crippen molar-refractivity contribution in [1.82, 2.24) is 10.2 Å². The van der Waals surface area contributed by atoms with Crippen LogP contribution >= 0.6 is 0 Å². The van der Waals surface area contributed by atoms with E-state index in [0.717, 1.165) is 54.1 Å². The normalized spacial score (nSPS) is 17.6. The molecule has 0 radical (unpaired) electrons. The largest absolute Gasteiger partial charge is 0.382 e. The van der Waals surface area contributed by atoms with Gasteiger partial charge in [-0.25, -0.2) is 0 Å². The number of amides is 2. The zero-order valence-electron chi connectivity index (χ0n) is 24.1. The molecule has 2 amide bonds. The number of nitrogens with zero attached hydrogens (tertiary/aromatic N) is 4. The maximum Gasteiger partial charge on any atom is 0.254 e. The van der Waals surface area contributed by atoms with Crippen molar-refractivity contribution in [3.05, 3.63) is 89.0 Å². The minimum absolute atomic E-state index is 0.0462. The molecule has 2 fully saturated rings. The van der Waals surface area contributed by atoms with Crippen molar-refractivity contribution in [1.29, 1.82) is 5.26 Å². The first-order chi connectivity index (χ1) is 19.9. The minimum Gasteiger partial charge on any atom is -0.382 e. The predicted octanol–water partition coefficient (Wildman–Crippen LogP) is 4.33. The van der Waals surface area contributed by atoms with Crippen LogP contribution in [0.3, 0.4) is 0 Å². The summed E-state index contributed by atoms with van der Waals surface area (Å²) >= 11 is 0. The maximum absolute atomic E-state index is 13.9. The fourth-order valence-electron chi connectivity index (χ4n) is 6.02. The number of nitrogens with one attached hydrogen (secondary N) is 2. The lowest BCUT2D eigenvalue weighted by molar-refractivity contribution is -0.122. The number of rotatable bonds is 6. The fourth-order valence-corrected chi connectivity index (χ4v) is 6.02. The highest BCUT2D eigenvalue weighted by atomic mass is 16.2. The molecule has 0 aliphatic carbocycles. The highest BCUT2D eigenvalue weighted by molar-refractivity contribution is 5.98. The number of hydrogen-bond acceptors (Lipinski definition) is 6. The van der Waals surface area contributed by atoms with Gasteiger partial charge in [-0.2, -0.15) is 5.26 Å². The molecule has 2 saturated heterocycles. The molecule has 5 rings (SSSR count). The summed E-state index contributed by atoms with van der Waals surface area (Å²) in [6.07, 6.45) is 1.87. The van der Waals surface area contributed by atoms with Crippen molar-refractivity contribution < 1.29 is 9.59 Å². The monoisotopic (exact) mass is 550 g/mol. The Kier molecular flexibility index (Phi) is 8.44. The van der Waals surface area contributed by atoms with E-state index in [1.165, 1.54) is 0 Å².